The lowest BCUT2D eigenvalue weighted by molar-refractivity contribution is -0.136. The highest BCUT2D eigenvalue weighted by atomic mass is 16.6. The first-order valence-corrected chi connectivity index (χ1v) is 12.4. The standard InChI is InChI=1S/C28H29BN2O6/c1-18-25(29(35)36)14-19(16-27(32)33)15-26(18)30-10-12-31(13-11-30)28(34)37-17-24-22-8-4-2-6-20(22)21-7-3-5-9-23(21)24/h2-9,14-15,24,35-36H,10-13,16-17H2,1H3,(H,32,33). The largest absolute Gasteiger partial charge is 0.488 e. The summed E-state index contributed by atoms with van der Waals surface area (Å²) in [5, 5.41) is 28.8. The third kappa shape index (κ3) is 4.92. The van der Waals surface area contributed by atoms with E-state index in [0.717, 1.165) is 5.69 Å². The van der Waals surface area contributed by atoms with Crippen LogP contribution >= 0.6 is 0 Å². The van der Waals surface area contributed by atoms with Crippen LogP contribution < -0.4 is 10.4 Å². The number of ether oxygens (including phenoxy) is 1. The maximum absolute atomic E-state index is 13.0. The first-order chi connectivity index (χ1) is 17.8. The van der Waals surface area contributed by atoms with Crippen LogP contribution in [0.4, 0.5) is 10.5 Å². The molecule has 5 rings (SSSR count). The van der Waals surface area contributed by atoms with E-state index in [4.69, 9.17) is 4.74 Å². The van der Waals surface area contributed by atoms with Gasteiger partial charge in [-0.05, 0) is 51.8 Å². The molecule has 8 nitrogen and oxygen atoms in total. The molecule has 3 N–H and O–H groups in total. The van der Waals surface area contributed by atoms with Crippen LogP contribution in [0.25, 0.3) is 11.1 Å². The van der Waals surface area contributed by atoms with Crippen molar-refractivity contribution < 1.29 is 29.5 Å². The van der Waals surface area contributed by atoms with Crippen molar-refractivity contribution in [3.8, 4) is 11.1 Å². The minimum Gasteiger partial charge on any atom is -0.481 e. The molecule has 1 saturated heterocycles. The average molecular weight is 500 g/mol. The summed E-state index contributed by atoms with van der Waals surface area (Å²) >= 11 is 0. The number of anilines is 1. The molecule has 1 aliphatic heterocycles. The van der Waals surface area contributed by atoms with Crippen molar-refractivity contribution in [3.05, 3.63) is 82.9 Å². The molecule has 37 heavy (non-hydrogen) atoms. The number of amides is 1. The number of fused-ring (bicyclic) bond motifs is 3. The van der Waals surface area contributed by atoms with Crippen LogP contribution in [0.3, 0.4) is 0 Å². The molecular formula is C28H29BN2O6. The van der Waals surface area contributed by atoms with Crippen molar-refractivity contribution in [2.75, 3.05) is 37.7 Å². The predicted molar refractivity (Wildman–Crippen MR) is 141 cm³/mol. The number of hydrogen-bond donors (Lipinski definition) is 3. The second-order valence-electron chi connectivity index (χ2n) is 9.55. The van der Waals surface area contributed by atoms with E-state index >= 15 is 0 Å². The Hall–Kier alpha value is -3.82. The van der Waals surface area contributed by atoms with Gasteiger partial charge in [-0.1, -0.05) is 54.6 Å². The summed E-state index contributed by atoms with van der Waals surface area (Å²) in [4.78, 5) is 27.9. The van der Waals surface area contributed by atoms with E-state index in [1.54, 1.807) is 17.9 Å². The molecular weight excluding hydrogens is 471 g/mol. The van der Waals surface area contributed by atoms with Crippen LogP contribution in [-0.4, -0.2) is 72.0 Å². The summed E-state index contributed by atoms with van der Waals surface area (Å²) in [5.41, 5.74) is 6.90. The van der Waals surface area contributed by atoms with E-state index < -0.39 is 13.1 Å². The lowest BCUT2D eigenvalue weighted by atomic mass is 9.75. The van der Waals surface area contributed by atoms with Crippen molar-refractivity contribution in [2.45, 2.75) is 19.3 Å². The van der Waals surface area contributed by atoms with Gasteiger partial charge in [-0.15, -0.1) is 0 Å². The number of carboxylic acid groups (broad SMARTS) is 1. The van der Waals surface area contributed by atoms with Gasteiger partial charge >= 0.3 is 19.2 Å². The Morgan fingerprint density at radius 1 is 0.946 bits per heavy atom. The Morgan fingerprint density at radius 3 is 2.11 bits per heavy atom. The van der Waals surface area contributed by atoms with E-state index in [1.165, 1.54) is 28.3 Å². The number of benzene rings is 3. The molecule has 1 heterocycles. The monoisotopic (exact) mass is 500 g/mol. The fraction of sp³-hybridized carbons (Fsp3) is 0.286. The van der Waals surface area contributed by atoms with Crippen molar-refractivity contribution in [2.24, 2.45) is 0 Å². The summed E-state index contributed by atoms with van der Waals surface area (Å²) in [5.74, 6) is -0.992. The molecule has 0 aromatic heterocycles. The molecule has 1 amide bonds. The number of carbonyl (C=O) groups excluding carboxylic acids is 1. The molecule has 0 saturated carbocycles. The van der Waals surface area contributed by atoms with E-state index in [-0.39, 0.29) is 30.5 Å². The topological polar surface area (TPSA) is 111 Å². The fourth-order valence-corrected chi connectivity index (χ4v) is 5.47. The Morgan fingerprint density at radius 2 is 1.54 bits per heavy atom. The third-order valence-corrected chi connectivity index (χ3v) is 7.33. The number of piperazine rings is 1. The highest BCUT2D eigenvalue weighted by Gasteiger charge is 2.31. The van der Waals surface area contributed by atoms with Crippen LogP contribution in [0.2, 0.25) is 0 Å². The van der Waals surface area contributed by atoms with Gasteiger partial charge in [-0.2, -0.15) is 0 Å². The zero-order chi connectivity index (χ0) is 26.1. The molecule has 1 fully saturated rings. The number of aliphatic carboxylic acids is 1. The highest BCUT2D eigenvalue weighted by Crippen LogP contribution is 2.44. The molecule has 3 aromatic rings. The average Bonchev–Trinajstić information content (AvgIpc) is 3.21. The van der Waals surface area contributed by atoms with E-state index in [2.05, 4.69) is 24.3 Å². The second kappa shape index (κ2) is 10.3. The maximum atomic E-state index is 13.0. The fourth-order valence-electron chi connectivity index (χ4n) is 5.47. The van der Waals surface area contributed by atoms with E-state index in [1.807, 2.05) is 29.2 Å². The van der Waals surface area contributed by atoms with Gasteiger partial charge in [0.05, 0.1) is 6.42 Å². The lowest BCUT2D eigenvalue weighted by Crippen LogP contribution is -2.49. The molecule has 2 aliphatic rings. The molecule has 0 radical (unpaired) electrons. The smallest absolute Gasteiger partial charge is 0.481 e. The van der Waals surface area contributed by atoms with Crippen molar-refractivity contribution in [1.82, 2.24) is 4.90 Å². The molecule has 1 aliphatic carbocycles. The van der Waals surface area contributed by atoms with Crippen molar-refractivity contribution in [1.29, 1.82) is 0 Å². The van der Waals surface area contributed by atoms with Crippen LogP contribution in [-0.2, 0) is 16.0 Å². The van der Waals surface area contributed by atoms with Gasteiger partial charge in [0.2, 0.25) is 0 Å². The summed E-state index contributed by atoms with van der Waals surface area (Å²) in [7, 11) is -1.70. The summed E-state index contributed by atoms with van der Waals surface area (Å²) in [6.07, 6.45) is -0.573. The van der Waals surface area contributed by atoms with Gasteiger partial charge in [0.15, 0.2) is 0 Å². The Bertz CT molecular complexity index is 1290. The van der Waals surface area contributed by atoms with Crippen LogP contribution in [0.1, 0.15) is 28.2 Å². The number of nitrogens with zero attached hydrogens (tertiary/aromatic N) is 2. The zero-order valence-electron chi connectivity index (χ0n) is 20.6. The first kappa shape index (κ1) is 24.9. The number of carbonyl (C=O) groups is 2. The molecule has 3 aromatic carbocycles. The summed E-state index contributed by atoms with van der Waals surface area (Å²) in [6, 6.07) is 19.7. The number of rotatable bonds is 6. The van der Waals surface area contributed by atoms with E-state index in [9.17, 15) is 24.7 Å². The van der Waals surface area contributed by atoms with Gasteiger partial charge < -0.3 is 29.7 Å². The Balaban J connectivity index is 1.24. The maximum Gasteiger partial charge on any atom is 0.488 e. The van der Waals surface area contributed by atoms with Gasteiger partial charge in [-0.25, -0.2) is 4.79 Å². The van der Waals surface area contributed by atoms with Crippen LogP contribution in [0.15, 0.2) is 60.7 Å². The Kier molecular flexibility index (Phi) is 6.91. The number of carboxylic acids is 1. The second-order valence-corrected chi connectivity index (χ2v) is 9.55. The van der Waals surface area contributed by atoms with Crippen molar-refractivity contribution >= 4 is 30.3 Å². The van der Waals surface area contributed by atoms with E-state index in [0.29, 0.717) is 37.3 Å². The van der Waals surface area contributed by atoms with Gasteiger partial charge in [0.1, 0.15) is 6.61 Å². The minimum atomic E-state index is -1.70. The SMILES string of the molecule is Cc1c(B(O)O)cc(CC(=O)O)cc1N1CCN(C(=O)OCC2c3ccccc3-c3ccccc32)CC1. The van der Waals surface area contributed by atoms with Gasteiger partial charge in [-0.3, -0.25) is 4.79 Å². The van der Waals surface area contributed by atoms with Crippen molar-refractivity contribution in [3.63, 3.8) is 0 Å². The summed E-state index contributed by atoms with van der Waals surface area (Å²) in [6.45, 7) is 3.96. The van der Waals surface area contributed by atoms with Gasteiger partial charge in [0.25, 0.3) is 0 Å². The Labute approximate surface area is 215 Å². The third-order valence-electron chi connectivity index (χ3n) is 7.33. The normalized spacial score (nSPS) is 14.8. The lowest BCUT2D eigenvalue weighted by Gasteiger charge is -2.37. The molecule has 0 bridgehead atoms. The number of hydrogen-bond acceptors (Lipinski definition) is 6. The van der Waals surface area contributed by atoms with Crippen LogP contribution in [0, 0.1) is 6.92 Å². The summed E-state index contributed by atoms with van der Waals surface area (Å²) < 4.78 is 5.79. The molecule has 0 spiro atoms. The predicted octanol–water partition coefficient (Wildman–Crippen LogP) is 2.37. The quantitative estimate of drug-likeness (QED) is 0.446. The molecule has 9 heteroatoms. The van der Waals surface area contributed by atoms with Gasteiger partial charge in [0, 0.05) is 37.8 Å². The molecule has 190 valence electrons. The highest BCUT2D eigenvalue weighted by molar-refractivity contribution is 6.59. The first-order valence-electron chi connectivity index (χ1n) is 12.4. The molecule has 0 atom stereocenters. The minimum absolute atomic E-state index is 0.000550. The zero-order valence-corrected chi connectivity index (χ0v) is 20.6. The van der Waals surface area contributed by atoms with Crippen LogP contribution in [0.5, 0.6) is 0 Å². The molecule has 0 unspecified atom stereocenters.